The van der Waals surface area contributed by atoms with Crippen LogP contribution in [0.15, 0.2) is 316 Å². The molecule has 7 aliphatic rings. The van der Waals surface area contributed by atoms with Crippen LogP contribution >= 0.6 is 23.2 Å². The average Bonchev–Trinajstić information content (AvgIpc) is 1.64. The lowest BCUT2D eigenvalue weighted by Crippen LogP contribution is -2.31. The number of hydrogen-bond donors (Lipinski definition) is 14. The fourth-order valence-corrected chi connectivity index (χ4v) is 14.6. The van der Waals surface area contributed by atoms with Crippen LogP contribution in [-0.2, 0) is 33.4 Å². The van der Waals surface area contributed by atoms with Gasteiger partial charge in [0.1, 0.15) is 86.6 Å². The minimum Gasteiger partial charge on any atom is -0.506 e. The highest BCUT2D eigenvalue weighted by atomic mass is 35.5. The standard InChI is InChI=1S/C19H22N4O3.C17H19N5O4.C17H16N4O4.C16H15ClN4O3.C16H16N4O3.C15H12ClN3O4/c1-3-7-20-14-12-17(25)13(2)11-15(14)21-18-16-6-4-5-8-23(16)22-19(18)26-10-9-24;18-11-9-12(19)15(25-7-5-23)10-13(11)20-16-14-3-1-2-4-22(14)21-17(16)26-8-6-24;22-6-8-25-17-16(13-3-1-2-5-21(13)20-17)19-11-10-15-12(9-14(11)23)18-4-7-24-15;1-9-8-10(13(18)12(17)15(9)23)19-14-11-4-2-3-5-21(11)20-16(14)24-7-6-22;1-10-8-12(11(17)9-14(10)22)18-15-13-4-2-3-5-20(13)19-16(15)23-7-6-21;16-9-7-10(13(22)8-12(9)21)17-14-11-3-1-2-4-19(11)18-15(14)23-6-5-20/h4-6,8,11-12,20,24H,3,7,9-10H2,1-2H3;1-4,9-10,18,23-24H,5-8,19H2;1-3,5,9-10,18,22H,4,6-8H2;2-5,8,22H,6-7,18H2,1H3;2-5,8-9,21H,6-7,17H2,1H3;1-4,7-8,20-21H,5-6H2. The number of ketones is 5. The molecule has 0 radical (unpaired) electrons. The number of aliphatic imine (C=N–C) groups is 6. The maximum absolute atomic E-state index is 12.4. The van der Waals surface area contributed by atoms with E-state index in [4.69, 9.17) is 124 Å². The Hall–Kier alpha value is -17.4. The van der Waals surface area contributed by atoms with E-state index in [0.29, 0.717) is 155 Å². The summed E-state index contributed by atoms with van der Waals surface area (Å²) in [5.74, 6) is 1.06. The maximum Gasteiger partial charge on any atom is 0.260 e. The van der Waals surface area contributed by atoms with Crippen LogP contribution in [0.3, 0.4) is 0 Å². The number of allylic oxidation sites excluding steroid dienone is 16. The molecule has 147 heavy (non-hydrogen) atoms. The zero-order valence-electron chi connectivity index (χ0n) is 79.4. The smallest absolute Gasteiger partial charge is 0.260 e. The third-order valence-electron chi connectivity index (χ3n) is 21.1. The van der Waals surface area contributed by atoms with Gasteiger partial charge in [0.2, 0.25) is 17.3 Å². The Morgan fingerprint density at radius 3 is 1.15 bits per heavy atom. The Morgan fingerprint density at radius 2 is 0.748 bits per heavy atom. The first-order valence-corrected chi connectivity index (χ1v) is 46.3. The highest BCUT2D eigenvalue weighted by Crippen LogP contribution is 2.40. The van der Waals surface area contributed by atoms with Crippen molar-refractivity contribution in [1.29, 1.82) is 5.41 Å². The minimum absolute atomic E-state index is 0.0256. The molecule has 1 fully saturated rings. The molecule has 0 aromatic carbocycles. The number of rotatable bonds is 30. The summed E-state index contributed by atoms with van der Waals surface area (Å²) in [4.78, 5) is 86.9. The number of aliphatic hydroxyl groups excluding tert-OH is 8. The lowest BCUT2D eigenvalue weighted by Gasteiger charge is -2.23. The lowest BCUT2D eigenvalue weighted by atomic mass is 10.0. The summed E-state index contributed by atoms with van der Waals surface area (Å²) < 4.78 is 53.5. The number of fused-ring (bicyclic) bond motifs is 7. The highest BCUT2D eigenvalue weighted by Gasteiger charge is 2.30. The highest BCUT2D eigenvalue weighted by molar-refractivity contribution is 6.53. The molecule has 1 saturated heterocycles. The second-order valence-electron chi connectivity index (χ2n) is 31.6. The van der Waals surface area contributed by atoms with E-state index in [1.165, 1.54) is 30.4 Å². The fraction of sp³-hybridized carbons (Fsp3) is 0.220. The first-order valence-electron chi connectivity index (χ1n) is 45.5. The first-order chi connectivity index (χ1) is 71.2. The number of pyridine rings is 6. The molecule has 13 heterocycles. The number of halogens is 2. The summed E-state index contributed by atoms with van der Waals surface area (Å²) in [6.45, 7) is 8.74. The van der Waals surface area contributed by atoms with E-state index in [9.17, 15) is 29.1 Å². The van der Waals surface area contributed by atoms with E-state index in [2.05, 4.69) is 73.1 Å². The quantitative estimate of drug-likeness (QED) is 0.0149. The second-order valence-corrected chi connectivity index (χ2v) is 32.3. The number of nitrogens with two attached hydrogens (primary N) is 3. The Bertz CT molecular complexity index is 7690. The van der Waals surface area contributed by atoms with Crippen molar-refractivity contribution >= 4 is 159 Å². The van der Waals surface area contributed by atoms with E-state index < -0.39 is 5.78 Å². The summed E-state index contributed by atoms with van der Waals surface area (Å²) in [6.07, 6.45) is 27.7. The molecule has 0 saturated carbocycles. The number of aliphatic hydroxyl groups is 8. The third kappa shape index (κ3) is 25.6. The van der Waals surface area contributed by atoms with Gasteiger partial charge in [-0.3, -0.25) is 29.4 Å². The minimum atomic E-state index is -0.477. The average molecular weight is 2040 g/mol. The van der Waals surface area contributed by atoms with Crippen molar-refractivity contribution < 1.29 is 103 Å². The number of aromatic nitrogens is 12. The zero-order chi connectivity index (χ0) is 104. The Morgan fingerprint density at radius 1 is 0.401 bits per heavy atom. The third-order valence-corrected chi connectivity index (χ3v) is 21.8. The summed E-state index contributed by atoms with van der Waals surface area (Å²) in [6, 6.07) is 33.0. The van der Waals surface area contributed by atoms with Gasteiger partial charge in [-0.25, -0.2) is 57.0 Å². The van der Waals surface area contributed by atoms with Crippen molar-refractivity contribution in [3.63, 3.8) is 0 Å². The summed E-state index contributed by atoms with van der Waals surface area (Å²) >= 11 is 11.8. The largest absolute Gasteiger partial charge is 0.506 e. The van der Waals surface area contributed by atoms with Crippen molar-refractivity contribution in [2.24, 2.45) is 47.2 Å². The van der Waals surface area contributed by atoms with Gasteiger partial charge in [0, 0.05) is 92.3 Å². The van der Waals surface area contributed by atoms with Crippen molar-refractivity contribution in [2.75, 3.05) is 112 Å². The number of nitrogens with one attached hydrogen (secondary N) is 3. The molecule has 12 aromatic rings. The van der Waals surface area contributed by atoms with E-state index in [-0.39, 0.29) is 178 Å². The van der Waals surface area contributed by atoms with E-state index in [1.807, 2.05) is 97.2 Å². The molecule has 0 atom stereocenters. The zero-order valence-corrected chi connectivity index (χ0v) is 80.9. The molecule has 0 unspecified atom stereocenters. The maximum atomic E-state index is 12.4. The van der Waals surface area contributed by atoms with Gasteiger partial charge in [0.15, 0.2) is 45.7 Å². The Kier molecular flexibility index (Phi) is 35.8. The van der Waals surface area contributed by atoms with Gasteiger partial charge in [0.05, 0.1) is 141 Å². The number of ether oxygens (including phenoxy) is 8. The molecule has 17 N–H and O–H groups in total. The first kappa shape index (κ1) is 105. The van der Waals surface area contributed by atoms with Crippen molar-refractivity contribution in [2.45, 2.75) is 34.1 Å². The molecule has 0 bridgehead atoms. The van der Waals surface area contributed by atoms with Crippen LogP contribution in [0, 0.1) is 5.41 Å². The van der Waals surface area contributed by atoms with E-state index in [1.54, 1.807) is 127 Å². The van der Waals surface area contributed by atoms with Crippen LogP contribution in [0.25, 0.3) is 33.1 Å². The molecule has 0 amide bonds. The topological polar surface area (TPSA) is 625 Å². The van der Waals surface area contributed by atoms with Gasteiger partial charge in [-0.1, -0.05) is 66.5 Å². The molecule has 760 valence electrons. The van der Waals surface area contributed by atoms with Gasteiger partial charge in [-0.2, -0.15) is 0 Å². The van der Waals surface area contributed by atoms with Crippen molar-refractivity contribution in [1.82, 2.24) is 68.3 Å². The summed E-state index contributed by atoms with van der Waals surface area (Å²) in [5, 5.41) is 113. The molecular formula is C100H100Cl2N24O21. The van der Waals surface area contributed by atoms with E-state index >= 15 is 0 Å². The number of carbonyl (C=O) groups is 5. The molecule has 0 spiro atoms. The van der Waals surface area contributed by atoms with Crippen LogP contribution in [0.4, 0.5) is 34.1 Å². The molecule has 12 aromatic heterocycles. The Labute approximate surface area is 845 Å². The summed E-state index contributed by atoms with van der Waals surface area (Å²) in [7, 11) is 0. The van der Waals surface area contributed by atoms with Crippen LogP contribution in [-0.4, -0.2) is 280 Å². The summed E-state index contributed by atoms with van der Waals surface area (Å²) in [5.41, 5.74) is 30.6. The second kappa shape index (κ2) is 50.0. The predicted octanol–water partition coefficient (Wildman–Crippen LogP) is 8.28. The molecule has 6 aliphatic carbocycles. The normalized spacial score (nSPS) is 16.7. The van der Waals surface area contributed by atoms with Crippen LogP contribution in [0.2, 0.25) is 0 Å². The predicted molar refractivity (Wildman–Crippen MR) is 547 cm³/mol. The van der Waals surface area contributed by atoms with Crippen molar-refractivity contribution in [3.05, 3.63) is 286 Å². The Balaban J connectivity index is 0.000000139. The van der Waals surface area contributed by atoms with E-state index in [0.717, 1.165) is 30.1 Å². The number of carbonyl (C=O) groups excluding carboxylic acids is 5. The molecule has 45 nitrogen and oxygen atoms in total. The molecule has 1 aliphatic heterocycles. The van der Waals surface area contributed by atoms with Gasteiger partial charge < -0.3 is 107 Å². The molecular weight excluding hydrogens is 1940 g/mol. The number of hydrogen-bond acceptors (Lipinski definition) is 39. The van der Waals surface area contributed by atoms with Crippen LogP contribution in [0.1, 0.15) is 34.1 Å². The SMILES string of the molecule is CC1=CC(=Nc2c(OCCO)nn3ccccc23)C(N)=C(Cl)C1=O.CC1=CC(=Nc2c(OCCO)nn3ccccc23)C(N)=CC1=O.CCCNC1=CC(=O)C(C)=CC1=Nc1c(OCCO)nn2ccccc12.N=C1C=C(N)C(OCCO)=CC1=Nc1c(OCCO)nn2ccccc12.O=C1C=C(O)C(Cl)=CC1=Nc1c(OCCO)nn2ccccc12.O=C1C=C2NCCOC2=CC1=Nc1c(OCCO)nn2ccccc12. The fourth-order valence-electron chi connectivity index (χ4n) is 14.2. The number of Topliss-reactive ketones (excluding diaryl/α,β-unsaturated/α-hetero) is 1. The molecule has 47 heteroatoms. The number of morpholine rings is 1. The van der Waals surface area contributed by atoms with Crippen LogP contribution < -0.4 is 56.3 Å². The van der Waals surface area contributed by atoms with Gasteiger partial charge in [-0.15, -0.1) is 30.6 Å². The van der Waals surface area contributed by atoms with Crippen LogP contribution in [0.5, 0.6) is 35.3 Å². The number of nitrogens with zero attached hydrogens (tertiary/aromatic N) is 18. The van der Waals surface area contributed by atoms with Gasteiger partial charge in [-0.05, 0) is 142 Å². The van der Waals surface area contributed by atoms with Crippen molar-refractivity contribution in [3.8, 4) is 35.3 Å². The van der Waals surface area contributed by atoms with Gasteiger partial charge in [0.25, 0.3) is 35.3 Å². The van der Waals surface area contributed by atoms with Gasteiger partial charge >= 0.3 is 0 Å². The molecule has 19 rings (SSSR count). The lowest BCUT2D eigenvalue weighted by molar-refractivity contribution is -0.112. The monoisotopic (exact) mass is 2040 g/mol.